The second-order valence-corrected chi connectivity index (χ2v) is 5.15. The summed E-state index contributed by atoms with van der Waals surface area (Å²) >= 11 is 1.74. The Morgan fingerprint density at radius 1 is 1.44 bits per heavy atom. The molecule has 0 saturated carbocycles. The molecule has 2 rings (SSSR count). The summed E-state index contributed by atoms with van der Waals surface area (Å²) in [5, 5.41) is 4.49. The number of imidazole rings is 1. The Morgan fingerprint density at radius 2 is 2.19 bits per heavy atom. The molecular formula is C11H16N4S. The predicted molar refractivity (Wildman–Crippen MR) is 66.8 cm³/mol. The van der Waals surface area contributed by atoms with E-state index in [9.17, 15) is 0 Å². The Balaban J connectivity index is 2.17. The zero-order chi connectivity index (χ0) is 11.7. The third-order valence-electron chi connectivity index (χ3n) is 2.50. The predicted octanol–water partition coefficient (Wildman–Crippen LogP) is 2.67. The molecule has 0 bridgehead atoms. The maximum absolute atomic E-state index is 4.44. The van der Waals surface area contributed by atoms with Gasteiger partial charge >= 0.3 is 0 Å². The first-order chi connectivity index (χ1) is 7.58. The summed E-state index contributed by atoms with van der Waals surface area (Å²) in [6, 6.07) is 0.243. The molecule has 0 aliphatic carbocycles. The number of aryl methyl sites for hydroxylation is 3. The number of thiazole rings is 1. The van der Waals surface area contributed by atoms with Crippen LogP contribution in [-0.2, 0) is 7.05 Å². The molecule has 2 aromatic rings. The normalized spacial score (nSPS) is 12.8. The Morgan fingerprint density at radius 3 is 2.69 bits per heavy atom. The lowest BCUT2D eigenvalue weighted by Crippen LogP contribution is -2.10. The van der Waals surface area contributed by atoms with E-state index in [-0.39, 0.29) is 6.04 Å². The Hall–Kier alpha value is -1.36. The number of aromatic nitrogens is 3. The Kier molecular flexibility index (Phi) is 2.96. The van der Waals surface area contributed by atoms with Crippen LogP contribution in [0.3, 0.4) is 0 Å². The summed E-state index contributed by atoms with van der Waals surface area (Å²) < 4.78 is 1.97. The van der Waals surface area contributed by atoms with Crippen molar-refractivity contribution in [2.24, 2.45) is 7.05 Å². The van der Waals surface area contributed by atoms with Crippen LogP contribution in [0, 0.1) is 13.8 Å². The SMILES string of the molecule is Cc1nc(C)c(C(C)Nc2nccn2C)s1. The van der Waals surface area contributed by atoms with Crippen LogP contribution in [0.15, 0.2) is 12.4 Å². The van der Waals surface area contributed by atoms with Crippen molar-refractivity contribution in [2.45, 2.75) is 26.8 Å². The van der Waals surface area contributed by atoms with Crippen molar-refractivity contribution < 1.29 is 0 Å². The lowest BCUT2D eigenvalue weighted by atomic mass is 10.2. The van der Waals surface area contributed by atoms with E-state index in [1.54, 1.807) is 17.5 Å². The van der Waals surface area contributed by atoms with Crippen LogP contribution in [0.5, 0.6) is 0 Å². The Bertz CT molecular complexity index is 486. The van der Waals surface area contributed by atoms with Crippen LogP contribution in [-0.4, -0.2) is 14.5 Å². The topological polar surface area (TPSA) is 42.7 Å². The van der Waals surface area contributed by atoms with E-state index < -0.39 is 0 Å². The monoisotopic (exact) mass is 236 g/mol. The molecule has 86 valence electrons. The van der Waals surface area contributed by atoms with E-state index >= 15 is 0 Å². The van der Waals surface area contributed by atoms with Crippen LogP contribution in [0.1, 0.15) is 28.5 Å². The van der Waals surface area contributed by atoms with E-state index in [1.807, 2.05) is 24.7 Å². The van der Waals surface area contributed by atoms with Gasteiger partial charge in [-0.3, -0.25) is 0 Å². The van der Waals surface area contributed by atoms with Gasteiger partial charge in [0.1, 0.15) is 0 Å². The van der Waals surface area contributed by atoms with Crippen LogP contribution < -0.4 is 5.32 Å². The van der Waals surface area contributed by atoms with Gasteiger partial charge in [-0.15, -0.1) is 11.3 Å². The van der Waals surface area contributed by atoms with Gasteiger partial charge < -0.3 is 9.88 Å². The summed E-state index contributed by atoms with van der Waals surface area (Å²) in [7, 11) is 1.98. The first kappa shape index (κ1) is 11.1. The highest BCUT2D eigenvalue weighted by Crippen LogP contribution is 2.26. The second kappa shape index (κ2) is 4.25. The molecule has 1 atom stereocenters. The first-order valence-electron chi connectivity index (χ1n) is 5.25. The highest BCUT2D eigenvalue weighted by atomic mass is 32.1. The van der Waals surface area contributed by atoms with Crippen LogP contribution in [0.4, 0.5) is 5.95 Å². The molecule has 5 heteroatoms. The molecular weight excluding hydrogens is 220 g/mol. The largest absolute Gasteiger partial charge is 0.348 e. The average Bonchev–Trinajstić information content (AvgIpc) is 2.74. The van der Waals surface area contributed by atoms with Gasteiger partial charge in [0.25, 0.3) is 0 Å². The minimum Gasteiger partial charge on any atom is -0.348 e. The molecule has 0 aliphatic rings. The van der Waals surface area contributed by atoms with Gasteiger partial charge in [-0.1, -0.05) is 0 Å². The molecule has 1 N–H and O–H groups in total. The zero-order valence-corrected chi connectivity index (χ0v) is 10.8. The molecule has 0 spiro atoms. The van der Waals surface area contributed by atoms with Crippen molar-refractivity contribution in [3.05, 3.63) is 28.0 Å². The van der Waals surface area contributed by atoms with Gasteiger partial charge in [-0.25, -0.2) is 9.97 Å². The standard InChI is InChI=1S/C11H16N4S/c1-7-10(16-9(3)13-7)8(2)14-11-12-5-6-15(11)4/h5-6,8H,1-4H3,(H,12,14). The number of nitrogens with zero attached hydrogens (tertiary/aromatic N) is 3. The molecule has 16 heavy (non-hydrogen) atoms. The smallest absolute Gasteiger partial charge is 0.203 e. The van der Waals surface area contributed by atoms with Crippen molar-refractivity contribution in [1.82, 2.24) is 14.5 Å². The highest BCUT2D eigenvalue weighted by molar-refractivity contribution is 7.11. The maximum atomic E-state index is 4.44. The quantitative estimate of drug-likeness (QED) is 0.891. The molecule has 0 aromatic carbocycles. The molecule has 0 saturated heterocycles. The summed E-state index contributed by atoms with van der Waals surface area (Å²) in [5.41, 5.74) is 1.11. The number of hydrogen-bond acceptors (Lipinski definition) is 4. The number of hydrogen-bond donors (Lipinski definition) is 1. The molecule has 0 amide bonds. The zero-order valence-electron chi connectivity index (χ0n) is 9.98. The summed E-state index contributed by atoms with van der Waals surface area (Å²) in [4.78, 5) is 9.97. The van der Waals surface area contributed by atoms with E-state index in [2.05, 4.69) is 29.1 Å². The lowest BCUT2D eigenvalue weighted by molar-refractivity contribution is 0.827. The van der Waals surface area contributed by atoms with Crippen LogP contribution >= 0.6 is 11.3 Å². The summed E-state index contributed by atoms with van der Waals surface area (Å²) in [6.07, 6.45) is 3.72. The van der Waals surface area contributed by atoms with Crippen LogP contribution in [0.25, 0.3) is 0 Å². The first-order valence-corrected chi connectivity index (χ1v) is 6.07. The fourth-order valence-corrected chi connectivity index (χ4v) is 2.64. The van der Waals surface area contributed by atoms with E-state index in [4.69, 9.17) is 0 Å². The maximum Gasteiger partial charge on any atom is 0.203 e. The van der Waals surface area contributed by atoms with Gasteiger partial charge in [0.2, 0.25) is 5.95 Å². The lowest BCUT2D eigenvalue weighted by Gasteiger charge is -2.13. The third-order valence-corrected chi connectivity index (χ3v) is 3.76. The molecule has 4 nitrogen and oxygen atoms in total. The van der Waals surface area contributed by atoms with Gasteiger partial charge in [0, 0.05) is 24.3 Å². The molecule has 2 aromatic heterocycles. The molecule has 0 fully saturated rings. The minimum atomic E-state index is 0.243. The van der Waals surface area contributed by atoms with E-state index in [0.717, 1.165) is 16.6 Å². The summed E-state index contributed by atoms with van der Waals surface area (Å²) in [5.74, 6) is 0.887. The van der Waals surface area contributed by atoms with Gasteiger partial charge in [-0.05, 0) is 20.8 Å². The molecule has 2 heterocycles. The third kappa shape index (κ3) is 2.09. The highest BCUT2D eigenvalue weighted by Gasteiger charge is 2.13. The average molecular weight is 236 g/mol. The summed E-state index contributed by atoms with van der Waals surface area (Å²) in [6.45, 7) is 6.22. The number of rotatable bonds is 3. The number of nitrogens with one attached hydrogen (secondary N) is 1. The molecule has 0 aliphatic heterocycles. The van der Waals surface area contributed by atoms with Crippen molar-refractivity contribution in [3.63, 3.8) is 0 Å². The van der Waals surface area contributed by atoms with Crippen molar-refractivity contribution >= 4 is 17.3 Å². The van der Waals surface area contributed by atoms with E-state index in [1.165, 1.54) is 4.88 Å². The van der Waals surface area contributed by atoms with E-state index in [0.29, 0.717) is 0 Å². The molecule has 1 unspecified atom stereocenters. The van der Waals surface area contributed by atoms with Crippen LogP contribution in [0.2, 0.25) is 0 Å². The number of anilines is 1. The van der Waals surface area contributed by atoms with Crippen molar-refractivity contribution in [2.75, 3.05) is 5.32 Å². The Labute approximate surface area is 99.4 Å². The molecule has 0 radical (unpaired) electrons. The second-order valence-electron chi connectivity index (χ2n) is 3.91. The van der Waals surface area contributed by atoms with Gasteiger partial charge in [0.05, 0.1) is 16.7 Å². The fourth-order valence-electron chi connectivity index (χ4n) is 1.71. The van der Waals surface area contributed by atoms with Gasteiger partial charge in [0.15, 0.2) is 0 Å². The fraction of sp³-hybridized carbons (Fsp3) is 0.455. The minimum absolute atomic E-state index is 0.243. The van der Waals surface area contributed by atoms with Crippen molar-refractivity contribution in [3.8, 4) is 0 Å². The van der Waals surface area contributed by atoms with Crippen molar-refractivity contribution in [1.29, 1.82) is 0 Å². The van der Waals surface area contributed by atoms with Gasteiger partial charge in [-0.2, -0.15) is 0 Å².